The Morgan fingerprint density at radius 1 is 1.23 bits per heavy atom. The van der Waals surface area contributed by atoms with Gasteiger partial charge in [-0.2, -0.15) is 0 Å². The number of hydrogen-bond acceptors (Lipinski definition) is 8. The smallest absolute Gasteiger partial charge is 0.428 e. The van der Waals surface area contributed by atoms with Gasteiger partial charge in [-0.05, 0) is 82.6 Å². The molecule has 2 aliphatic rings. The first kappa shape index (κ1) is 33.7. The highest BCUT2D eigenvalue weighted by atomic mass is 32.2. The van der Waals surface area contributed by atoms with E-state index < -0.39 is 24.5 Å². The van der Waals surface area contributed by atoms with E-state index in [2.05, 4.69) is 41.5 Å². The van der Waals surface area contributed by atoms with Crippen molar-refractivity contribution in [3.05, 3.63) is 23.3 Å². The molecule has 1 aromatic carbocycles. The first-order valence-electron chi connectivity index (χ1n) is 14.0. The highest BCUT2D eigenvalue weighted by molar-refractivity contribution is 7.98. The van der Waals surface area contributed by atoms with Gasteiger partial charge in [-0.25, -0.2) is 4.79 Å². The zero-order valence-electron chi connectivity index (χ0n) is 25.8. The lowest BCUT2D eigenvalue weighted by Gasteiger charge is -2.58. The van der Waals surface area contributed by atoms with E-state index in [-0.39, 0.29) is 17.3 Å². The summed E-state index contributed by atoms with van der Waals surface area (Å²) in [4.78, 5) is 25.1. The summed E-state index contributed by atoms with van der Waals surface area (Å²) in [7, 11) is 1.23. The molecule has 0 bridgehead atoms. The van der Waals surface area contributed by atoms with Gasteiger partial charge in [0, 0.05) is 24.9 Å². The summed E-state index contributed by atoms with van der Waals surface area (Å²) in [5.41, 5.74) is 0.0606. The molecule has 4 atom stereocenters. The first-order valence-corrected chi connectivity index (χ1v) is 15.2. The van der Waals surface area contributed by atoms with Gasteiger partial charge < -0.3 is 23.5 Å². The van der Waals surface area contributed by atoms with Crippen molar-refractivity contribution < 1.29 is 33.1 Å². The van der Waals surface area contributed by atoms with E-state index >= 15 is 0 Å². The Morgan fingerprint density at radius 3 is 2.36 bits per heavy atom. The Bertz CT molecular complexity index is 973. The van der Waals surface area contributed by atoms with E-state index in [4.69, 9.17) is 23.5 Å². The molecule has 4 unspecified atom stereocenters. The van der Waals surface area contributed by atoms with Gasteiger partial charge in [-0.3, -0.25) is 4.79 Å². The minimum Gasteiger partial charge on any atom is -0.428 e. The maximum absolute atomic E-state index is 12.4. The maximum Gasteiger partial charge on any atom is 0.514 e. The Hall–Kier alpha value is -1.55. The summed E-state index contributed by atoms with van der Waals surface area (Å²) in [6.07, 6.45) is 5.55. The molecule has 39 heavy (non-hydrogen) atoms. The summed E-state index contributed by atoms with van der Waals surface area (Å²) < 4.78 is 28.5. The van der Waals surface area contributed by atoms with Crippen LogP contribution in [0.2, 0.25) is 0 Å². The van der Waals surface area contributed by atoms with Gasteiger partial charge in [0.25, 0.3) is 0 Å². The van der Waals surface area contributed by atoms with Gasteiger partial charge in [0.2, 0.25) is 0 Å². The largest absolute Gasteiger partial charge is 0.514 e. The van der Waals surface area contributed by atoms with Gasteiger partial charge in [0.15, 0.2) is 6.29 Å². The molecular weight excluding hydrogens is 515 g/mol. The number of hydrogen-bond donors (Lipinski definition) is 0. The molecule has 2 fully saturated rings. The van der Waals surface area contributed by atoms with E-state index in [9.17, 15) is 9.59 Å². The molecule has 1 aliphatic carbocycles. The quantitative estimate of drug-likeness (QED) is 0.0766. The second kappa shape index (κ2) is 13.9. The van der Waals surface area contributed by atoms with Crippen molar-refractivity contribution in [3.63, 3.8) is 0 Å². The van der Waals surface area contributed by atoms with Gasteiger partial charge >= 0.3 is 13.3 Å². The van der Waals surface area contributed by atoms with Crippen molar-refractivity contribution >= 4 is 31.3 Å². The lowest BCUT2D eigenvalue weighted by atomic mass is 9.50. The minimum atomic E-state index is -0.846. The molecule has 9 heteroatoms. The Labute approximate surface area is 240 Å². The molecular formula is C30H49BO7S. The predicted octanol–water partition coefficient (Wildman–Crippen LogP) is 7.41. The topological polar surface area (TPSA) is 80.3 Å². The molecule has 1 aromatic rings. The van der Waals surface area contributed by atoms with E-state index in [0.29, 0.717) is 29.3 Å². The number of ether oxygens (including phenoxy) is 3. The molecule has 1 saturated carbocycles. The van der Waals surface area contributed by atoms with Crippen molar-refractivity contribution in [2.45, 2.75) is 110 Å². The van der Waals surface area contributed by atoms with Crippen LogP contribution in [0.3, 0.4) is 0 Å². The predicted molar refractivity (Wildman–Crippen MR) is 158 cm³/mol. The van der Waals surface area contributed by atoms with Crippen LogP contribution in [0.4, 0.5) is 4.79 Å². The SMILES string of the molecule is CCCCOC.CSc1ccc(CB2OC(C)C(C)(C3CC(C)C3(C)C)O2)c(OC(=O)OC(C)(C)C)c1C=O. The fraction of sp³-hybridized carbons (Fsp3) is 0.733. The fourth-order valence-electron chi connectivity index (χ4n) is 5.36. The zero-order chi connectivity index (χ0) is 29.6. The second-order valence-electron chi connectivity index (χ2n) is 12.4. The molecule has 3 rings (SSSR count). The number of unbranched alkanes of at least 4 members (excludes halogenated alkanes) is 1. The summed E-state index contributed by atoms with van der Waals surface area (Å²) in [6, 6.07) is 3.72. The van der Waals surface area contributed by atoms with Crippen LogP contribution in [0.5, 0.6) is 5.75 Å². The number of aldehydes is 1. The van der Waals surface area contributed by atoms with Crippen molar-refractivity contribution in [3.8, 4) is 5.75 Å². The minimum absolute atomic E-state index is 0.0782. The Balaban J connectivity index is 0.000000798. The standard InChI is InChI=1S/C25H37BO6S.C5H12O/c1-15-12-20(24(15,6)7)25(8)16(2)31-26(32-25)13-17-10-11-19(33-9)18(14-27)21(17)29-22(28)30-23(3,4)5;1-3-4-5-6-2/h10-11,14-16,20H,12-13H2,1-9H3;3-5H2,1-2H3. The highest BCUT2D eigenvalue weighted by Crippen LogP contribution is 2.58. The van der Waals surface area contributed by atoms with Crippen molar-refractivity contribution in [2.75, 3.05) is 20.0 Å². The molecule has 7 nitrogen and oxygen atoms in total. The van der Waals surface area contributed by atoms with Crippen LogP contribution in [-0.2, 0) is 25.1 Å². The van der Waals surface area contributed by atoms with Crippen molar-refractivity contribution in [1.82, 2.24) is 0 Å². The zero-order valence-corrected chi connectivity index (χ0v) is 26.7. The summed E-state index contributed by atoms with van der Waals surface area (Å²) in [6.45, 7) is 19.4. The third-order valence-corrected chi connectivity index (χ3v) is 9.03. The van der Waals surface area contributed by atoms with Gasteiger partial charge in [-0.15, -0.1) is 11.8 Å². The van der Waals surface area contributed by atoms with E-state index in [1.807, 2.05) is 18.4 Å². The van der Waals surface area contributed by atoms with E-state index in [1.54, 1.807) is 27.9 Å². The number of benzene rings is 1. The normalized spacial score (nSPS) is 25.8. The van der Waals surface area contributed by atoms with Crippen LogP contribution in [-0.4, -0.2) is 56.8 Å². The Kier molecular flexibility index (Phi) is 12.0. The molecule has 1 aliphatic heterocycles. The van der Waals surface area contributed by atoms with Crippen LogP contribution in [0.15, 0.2) is 17.0 Å². The van der Waals surface area contributed by atoms with E-state index in [0.717, 1.165) is 24.2 Å². The summed E-state index contributed by atoms with van der Waals surface area (Å²) in [5, 5.41) is 0. The van der Waals surface area contributed by atoms with Crippen LogP contribution >= 0.6 is 11.8 Å². The molecule has 0 aromatic heterocycles. The van der Waals surface area contributed by atoms with Gasteiger partial charge in [0.1, 0.15) is 11.4 Å². The van der Waals surface area contributed by atoms with Crippen molar-refractivity contribution in [1.29, 1.82) is 0 Å². The lowest BCUT2D eigenvalue weighted by Crippen LogP contribution is -2.58. The highest BCUT2D eigenvalue weighted by Gasteiger charge is 2.60. The fourth-order valence-corrected chi connectivity index (χ4v) is 5.93. The molecule has 0 amide bonds. The summed E-state index contributed by atoms with van der Waals surface area (Å²) in [5.74, 6) is 1.23. The second-order valence-corrected chi connectivity index (χ2v) is 13.3. The third kappa shape index (κ3) is 8.24. The molecule has 0 spiro atoms. The van der Waals surface area contributed by atoms with Crippen molar-refractivity contribution in [2.24, 2.45) is 17.3 Å². The van der Waals surface area contributed by atoms with Crippen LogP contribution in [0, 0.1) is 17.3 Å². The number of carbonyl (C=O) groups excluding carboxylic acids is 2. The number of rotatable bonds is 9. The van der Waals surface area contributed by atoms with Gasteiger partial charge in [-0.1, -0.05) is 40.2 Å². The number of carbonyl (C=O) groups is 2. The summed E-state index contributed by atoms with van der Waals surface area (Å²) >= 11 is 1.41. The molecule has 1 saturated heterocycles. The van der Waals surface area contributed by atoms with Crippen LogP contribution in [0.25, 0.3) is 0 Å². The van der Waals surface area contributed by atoms with Gasteiger partial charge in [0.05, 0.1) is 17.3 Å². The Morgan fingerprint density at radius 2 is 1.90 bits per heavy atom. The van der Waals surface area contributed by atoms with Crippen LogP contribution in [0.1, 0.15) is 97.5 Å². The average Bonchev–Trinajstić information content (AvgIpc) is 3.13. The monoisotopic (exact) mass is 564 g/mol. The number of thioether (sulfide) groups is 1. The van der Waals surface area contributed by atoms with E-state index in [1.165, 1.54) is 24.6 Å². The van der Waals surface area contributed by atoms with Crippen LogP contribution < -0.4 is 4.74 Å². The molecule has 0 radical (unpaired) electrons. The molecule has 0 N–H and O–H groups in total. The first-order chi connectivity index (χ1) is 18.1. The lowest BCUT2D eigenvalue weighted by molar-refractivity contribution is -0.137. The third-order valence-electron chi connectivity index (χ3n) is 8.24. The molecule has 1 heterocycles. The average molecular weight is 565 g/mol. The number of methoxy groups -OCH3 is 1. The maximum atomic E-state index is 12.4. The molecule has 220 valence electrons.